The predicted octanol–water partition coefficient (Wildman–Crippen LogP) is 10.4. The van der Waals surface area contributed by atoms with Crippen LogP contribution in [0.2, 0.25) is 0 Å². The van der Waals surface area contributed by atoms with Crippen LogP contribution in [0.1, 0.15) is 135 Å². The Morgan fingerprint density at radius 1 is 0.667 bits per heavy atom. The molecule has 2 heterocycles. The molecule has 3 fully saturated rings. The highest BCUT2D eigenvalue weighted by Crippen LogP contribution is 2.38. The zero-order valence-corrected chi connectivity index (χ0v) is 30.5. The third kappa shape index (κ3) is 9.66. The smallest absolute Gasteiger partial charge is 0.338 e. The Balaban J connectivity index is 0.955. The number of halogens is 1. The fraction of sp³-hybridized carbons (Fsp3) is 0.545. The quantitative estimate of drug-likeness (QED) is 0.110. The summed E-state index contributed by atoms with van der Waals surface area (Å²) in [5, 5.41) is 0. The van der Waals surface area contributed by atoms with E-state index in [1.165, 1.54) is 76.2 Å². The van der Waals surface area contributed by atoms with Gasteiger partial charge in [-0.05, 0) is 103 Å². The largest absolute Gasteiger partial charge is 0.453 e. The minimum absolute atomic E-state index is 0.160. The molecule has 274 valence electrons. The summed E-state index contributed by atoms with van der Waals surface area (Å²) < 4.78 is 38.4. The molecule has 0 bridgehead atoms. The molecule has 4 atom stereocenters. The lowest BCUT2D eigenvalue weighted by molar-refractivity contribution is -0.0287. The number of unbranched alkanes of at least 4 members (excludes halogenated alkanes) is 6. The van der Waals surface area contributed by atoms with Gasteiger partial charge in [0.05, 0.1) is 24.3 Å². The molecule has 0 N–H and O–H groups in total. The monoisotopic (exact) mass is 698 g/mol. The Bertz CT molecular complexity index is 1560. The molecule has 0 aromatic heterocycles. The van der Waals surface area contributed by atoms with Gasteiger partial charge in [-0.15, -0.1) is 0 Å². The molecule has 3 aliphatic rings. The first-order chi connectivity index (χ1) is 24.9. The van der Waals surface area contributed by atoms with Gasteiger partial charge in [-0.25, -0.2) is 14.0 Å². The standard InChI is InChI=1S/C44H55FO6/c1-3-5-7-8-10-12-34-21-26-37(27-38(34)45)33-19-24-36(25-20-33)44(47)51-40-29-49-41-39(28-48-42(40)41)50-43(46)35-22-17-32(18-23-35)31-15-13-30(14-16-31)11-9-6-4-2/h17-27,30-31,39-42H,3-16,28-29H2,1-2H3/t30?,31?,39-,40+,41-,42-/m0/s1. The summed E-state index contributed by atoms with van der Waals surface area (Å²) in [5.74, 6) is 0.332. The molecule has 51 heavy (non-hydrogen) atoms. The summed E-state index contributed by atoms with van der Waals surface area (Å²) in [6.45, 7) is 4.79. The second-order valence-electron chi connectivity index (χ2n) is 14.9. The molecule has 0 amide bonds. The Hall–Kier alpha value is -3.55. The summed E-state index contributed by atoms with van der Waals surface area (Å²) >= 11 is 0. The second kappa shape index (κ2) is 18.3. The van der Waals surface area contributed by atoms with E-state index in [2.05, 4.69) is 26.0 Å². The number of benzene rings is 3. The van der Waals surface area contributed by atoms with E-state index in [1.807, 2.05) is 24.3 Å². The maximum absolute atomic E-state index is 14.8. The van der Waals surface area contributed by atoms with Crippen LogP contribution >= 0.6 is 0 Å². The average Bonchev–Trinajstić information content (AvgIpc) is 3.75. The van der Waals surface area contributed by atoms with Crippen molar-refractivity contribution >= 4 is 11.9 Å². The van der Waals surface area contributed by atoms with E-state index >= 15 is 0 Å². The zero-order valence-electron chi connectivity index (χ0n) is 30.5. The summed E-state index contributed by atoms with van der Waals surface area (Å²) in [4.78, 5) is 26.2. The maximum Gasteiger partial charge on any atom is 0.338 e. The van der Waals surface area contributed by atoms with Gasteiger partial charge in [0, 0.05) is 0 Å². The van der Waals surface area contributed by atoms with E-state index in [0.29, 0.717) is 17.0 Å². The van der Waals surface area contributed by atoms with E-state index in [4.69, 9.17) is 18.9 Å². The van der Waals surface area contributed by atoms with Crippen molar-refractivity contribution in [1.29, 1.82) is 0 Å². The van der Waals surface area contributed by atoms with Crippen LogP contribution in [0.15, 0.2) is 66.7 Å². The van der Waals surface area contributed by atoms with Gasteiger partial charge in [-0.2, -0.15) is 0 Å². The summed E-state index contributed by atoms with van der Waals surface area (Å²) in [7, 11) is 0. The first kappa shape index (κ1) is 37.2. The van der Waals surface area contributed by atoms with Crippen LogP contribution < -0.4 is 0 Å². The summed E-state index contributed by atoms with van der Waals surface area (Å²) in [6.07, 6.45) is 14.6. The Kier molecular flexibility index (Phi) is 13.3. The lowest BCUT2D eigenvalue weighted by atomic mass is 9.77. The number of hydrogen-bond donors (Lipinski definition) is 0. The lowest BCUT2D eigenvalue weighted by Gasteiger charge is -2.29. The molecule has 1 aliphatic carbocycles. The maximum atomic E-state index is 14.8. The number of carbonyl (C=O) groups is 2. The molecule has 3 aromatic carbocycles. The number of rotatable bonds is 16. The molecule has 0 spiro atoms. The van der Waals surface area contributed by atoms with Crippen molar-refractivity contribution in [3.8, 4) is 11.1 Å². The SMILES string of the molecule is CCCCCCCc1ccc(-c2ccc(C(=O)O[C@@H]3CO[C@@H]4[C@H]3OC[C@@H]4OC(=O)c3ccc(C4CCC(CCCCC)CC4)cc3)cc2)cc1F. The molecular weight excluding hydrogens is 643 g/mol. The van der Waals surface area contributed by atoms with Crippen molar-refractivity contribution in [1.82, 2.24) is 0 Å². The number of esters is 2. The van der Waals surface area contributed by atoms with Crippen molar-refractivity contribution in [3.63, 3.8) is 0 Å². The van der Waals surface area contributed by atoms with Crippen LogP contribution in [-0.4, -0.2) is 49.6 Å². The van der Waals surface area contributed by atoms with Gasteiger partial charge in [0.2, 0.25) is 0 Å². The fourth-order valence-corrected chi connectivity index (χ4v) is 8.05. The zero-order chi connectivity index (χ0) is 35.6. The third-order valence-corrected chi connectivity index (χ3v) is 11.2. The minimum atomic E-state index is -0.615. The first-order valence-corrected chi connectivity index (χ1v) is 19.6. The van der Waals surface area contributed by atoms with E-state index in [0.717, 1.165) is 41.9 Å². The number of hydrogen-bond acceptors (Lipinski definition) is 6. The average molecular weight is 699 g/mol. The molecule has 0 unspecified atom stereocenters. The summed E-state index contributed by atoms with van der Waals surface area (Å²) in [6, 6.07) is 20.2. The number of fused-ring (bicyclic) bond motifs is 1. The van der Waals surface area contributed by atoms with Crippen LogP contribution in [0.3, 0.4) is 0 Å². The molecule has 0 radical (unpaired) electrons. The van der Waals surface area contributed by atoms with Gasteiger partial charge in [-0.1, -0.05) is 102 Å². The van der Waals surface area contributed by atoms with Gasteiger partial charge in [-0.3, -0.25) is 0 Å². The topological polar surface area (TPSA) is 71.1 Å². The van der Waals surface area contributed by atoms with Crippen LogP contribution in [0.4, 0.5) is 4.39 Å². The molecule has 2 saturated heterocycles. The van der Waals surface area contributed by atoms with Crippen LogP contribution in [0, 0.1) is 11.7 Å². The molecule has 6 rings (SSSR count). The highest BCUT2D eigenvalue weighted by molar-refractivity contribution is 5.90. The van der Waals surface area contributed by atoms with Gasteiger partial charge in [0.1, 0.15) is 18.0 Å². The third-order valence-electron chi connectivity index (χ3n) is 11.2. The van der Waals surface area contributed by atoms with Crippen molar-refractivity contribution in [3.05, 3.63) is 94.8 Å². The number of carbonyl (C=O) groups excluding carboxylic acids is 2. The van der Waals surface area contributed by atoms with E-state index in [-0.39, 0.29) is 19.0 Å². The second-order valence-corrected chi connectivity index (χ2v) is 14.9. The predicted molar refractivity (Wildman–Crippen MR) is 197 cm³/mol. The van der Waals surface area contributed by atoms with Gasteiger partial charge < -0.3 is 18.9 Å². The number of aryl methyl sites for hydroxylation is 1. The summed E-state index contributed by atoms with van der Waals surface area (Å²) in [5.41, 5.74) is 4.52. The molecule has 3 aromatic rings. The van der Waals surface area contributed by atoms with Crippen molar-refractivity contribution in [2.24, 2.45) is 5.92 Å². The van der Waals surface area contributed by atoms with E-state index in [1.54, 1.807) is 30.3 Å². The fourth-order valence-electron chi connectivity index (χ4n) is 8.05. The Labute approximate surface area is 303 Å². The van der Waals surface area contributed by atoms with E-state index < -0.39 is 36.4 Å². The molecular formula is C44H55FO6. The lowest BCUT2D eigenvalue weighted by Crippen LogP contribution is -2.36. The van der Waals surface area contributed by atoms with Gasteiger partial charge in [0.15, 0.2) is 12.2 Å². The van der Waals surface area contributed by atoms with E-state index in [9.17, 15) is 14.0 Å². The van der Waals surface area contributed by atoms with Crippen molar-refractivity contribution in [2.75, 3.05) is 13.2 Å². The molecule has 7 heteroatoms. The molecule has 2 aliphatic heterocycles. The first-order valence-electron chi connectivity index (χ1n) is 19.6. The highest BCUT2D eigenvalue weighted by atomic mass is 19.1. The Morgan fingerprint density at radius 2 is 1.22 bits per heavy atom. The highest BCUT2D eigenvalue weighted by Gasteiger charge is 2.51. The molecule has 6 nitrogen and oxygen atoms in total. The number of ether oxygens (including phenoxy) is 4. The molecule has 1 saturated carbocycles. The van der Waals surface area contributed by atoms with Crippen molar-refractivity contribution in [2.45, 2.75) is 134 Å². The Morgan fingerprint density at radius 3 is 1.80 bits per heavy atom. The van der Waals surface area contributed by atoms with Gasteiger partial charge in [0.25, 0.3) is 0 Å². The van der Waals surface area contributed by atoms with Crippen LogP contribution in [-0.2, 0) is 25.4 Å². The minimum Gasteiger partial charge on any atom is -0.453 e. The van der Waals surface area contributed by atoms with Crippen LogP contribution in [0.5, 0.6) is 0 Å². The van der Waals surface area contributed by atoms with Crippen molar-refractivity contribution < 1.29 is 32.9 Å². The van der Waals surface area contributed by atoms with Crippen LogP contribution in [0.25, 0.3) is 11.1 Å². The normalized spacial score (nSPS) is 24.3. The van der Waals surface area contributed by atoms with Gasteiger partial charge >= 0.3 is 11.9 Å².